The second-order valence-corrected chi connectivity index (χ2v) is 5.05. The van der Waals surface area contributed by atoms with Gasteiger partial charge >= 0.3 is 0 Å². The van der Waals surface area contributed by atoms with Crippen molar-refractivity contribution in [3.8, 4) is 11.5 Å². The zero-order chi connectivity index (χ0) is 13.9. The van der Waals surface area contributed by atoms with Gasteiger partial charge in [0.05, 0.1) is 10.3 Å². The Morgan fingerprint density at radius 2 is 1.85 bits per heavy atom. The maximum atomic E-state index is 12.2. The van der Waals surface area contributed by atoms with E-state index in [1.807, 2.05) is 36.6 Å². The molecule has 1 heterocycles. The summed E-state index contributed by atoms with van der Waals surface area (Å²) in [7, 11) is 0. The molecule has 0 saturated carbocycles. The van der Waals surface area contributed by atoms with E-state index in [9.17, 15) is 4.79 Å². The fourth-order valence-corrected chi connectivity index (χ4v) is 2.36. The Kier molecular flexibility index (Phi) is 3.48. The van der Waals surface area contributed by atoms with Crippen molar-refractivity contribution in [3.63, 3.8) is 0 Å². The first-order valence-corrected chi connectivity index (χ1v) is 7.33. The molecule has 0 amide bonds. The molecular formula is C16H12O3S. The molecule has 2 aromatic carbocycles. The summed E-state index contributed by atoms with van der Waals surface area (Å²) in [5.74, 6) is 1.35. The normalized spacial score (nSPS) is 10.7. The van der Waals surface area contributed by atoms with Crippen molar-refractivity contribution in [2.75, 3.05) is 6.26 Å². The van der Waals surface area contributed by atoms with E-state index >= 15 is 0 Å². The number of ether oxygens (including phenoxy) is 1. The van der Waals surface area contributed by atoms with Crippen LogP contribution in [-0.4, -0.2) is 6.26 Å². The molecule has 0 bridgehead atoms. The van der Waals surface area contributed by atoms with Gasteiger partial charge in [-0.05, 0) is 36.6 Å². The van der Waals surface area contributed by atoms with Crippen molar-refractivity contribution >= 4 is 22.7 Å². The third-order valence-electron chi connectivity index (χ3n) is 2.91. The predicted molar refractivity (Wildman–Crippen MR) is 80.8 cm³/mol. The number of hydrogen-bond donors (Lipinski definition) is 0. The monoisotopic (exact) mass is 284 g/mol. The number of benzene rings is 2. The van der Waals surface area contributed by atoms with Crippen LogP contribution in [0.1, 0.15) is 0 Å². The number of para-hydroxylation sites is 1. The van der Waals surface area contributed by atoms with Gasteiger partial charge in [0.2, 0.25) is 5.43 Å². The Balaban J connectivity index is 2.06. The molecule has 0 aliphatic rings. The third-order valence-corrected chi connectivity index (χ3v) is 3.63. The number of rotatable bonds is 3. The molecule has 0 aliphatic heterocycles. The van der Waals surface area contributed by atoms with E-state index in [0.717, 1.165) is 5.75 Å². The van der Waals surface area contributed by atoms with Crippen LogP contribution >= 0.6 is 11.8 Å². The molecule has 3 rings (SSSR count). The minimum Gasteiger partial charge on any atom is -0.463 e. The van der Waals surface area contributed by atoms with Gasteiger partial charge in [0.1, 0.15) is 23.3 Å². The largest absolute Gasteiger partial charge is 0.463 e. The molecule has 100 valence electrons. The van der Waals surface area contributed by atoms with Crippen LogP contribution in [0.5, 0.6) is 11.5 Å². The maximum absolute atomic E-state index is 12.2. The molecule has 1 aromatic heterocycles. The van der Waals surface area contributed by atoms with Crippen molar-refractivity contribution in [1.82, 2.24) is 0 Å². The van der Waals surface area contributed by atoms with E-state index < -0.39 is 0 Å². The number of thioether (sulfide) groups is 1. The zero-order valence-corrected chi connectivity index (χ0v) is 11.6. The van der Waals surface area contributed by atoms with E-state index in [1.165, 1.54) is 18.0 Å². The summed E-state index contributed by atoms with van der Waals surface area (Å²) in [6.45, 7) is 0. The molecule has 0 N–H and O–H groups in total. The maximum Gasteiger partial charge on any atom is 0.206 e. The molecule has 20 heavy (non-hydrogen) atoms. The highest BCUT2D eigenvalue weighted by Gasteiger charge is 2.08. The van der Waals surface area contributed by atoms with Gasteiger partial charge in [0, 0.05) is 0 Å². The fourth-order valence-electron chi connectivity index (χ4n) is 1.92. The highest BCUT2D eigenvalue weighted by molar-refractivity contribution is 7.98. The van der Waals surface area contributed by atoms with Crippen molar-refractivity contribution in [2.24, 2.45) is 0 Å². The Hall–Kier alpha value is -2.20. The van der Waals surface area contributed by atoms with E-state index in [-0.39, 0.29) is 5.43 Å². The quantitative estimate of drug-likeness (QED) is 0.672. The lowest BCUT2D eigenvalue weighted by molar-refractivity contribution is 0.482. The summed E-state index contributed by atoms with van der Waals surface area (Å²) in [5.41, 5.74) is 0.533. The molecule has 3 nitrogen and oxygen atoms in total. The van der Waals surface area contributed by atoms with E-state index in [2.05, 4.69) is 0 Å². The molecule has 0 radical (unpaired) electrons. The van der Waals surface area contributed by atoms with Gasteiger partial charge in [-0.2, -0.15) is 0 Å². The van der Waals surface area contributed by atoms with Gasteiger partial charge in [-0.3, -0.25) is 4.79 Å². The second-order valence-electron chi connectivity index (χ2n) is 4.21. The van der Waals surface area contributed by atoms with E-state index in [0.29, 0.717) is 21.6 Å². The highest BCUT2D eigenvalue weighted by Crippen LogP contribution is 2.25. The predicted octanol–water partition coefficient (Wildman–Crippen LogP) is 4.31. The summed E-state index contributed by atoms with van der Waals surface area (Å²) in [6, 6.07) is 14.7. The highest BCUT2D eigenvalue weighted by atomic mass is 32.2. The van der Waals surface area contributed by atoms with Crippen LogP contribution in [0.15, 0.2) is 68.9 Å². The van der Waals surface area contributed by atoms with Gasteiger partial charge in [0.15, 0.2) is 0 Å². The van der Waals surface area contributed by atoms with Crippen molar-refractivity contribution in [2.45, 2.75) is 4.90 Å². The lowest BCUT2D eigenvalue weighted by atomic mass is 10.2. The van der Waals surface area contributed by atoms with Crippen LogP contribution in [0.4, 0.5) is 0 Å². The average Bonchev–Trinajstić information content (AvgIpc) is 2.49. The molecule has 3 aromatic rings. The zero-order valence-electron chi connectivity index (χ0n) is 10.8. The summed E-state index contributed by atoms with van der Waals surface area (Å²) >= 11 is 1.37. The van der Waals surface area contributed by atoms with E-state index in [1.54, 1.807) is 18.2 Å². The minimum absolute atomic E-state index is 0.0303. The molecule has 4 heteroatoms. The molecule has 0 aliphatic carbocycles. The van der Waals surface area contributed by atoms with Crippen LogP contribution in [0.25, 0.3) is 11.0 Å². The number of fused-ring (bicyclic) bond motifs is 1. The van der Waals surface area contributed by atoms with E-state index in [4.69, 9.17) is 9.15 Å². The summed E-state index contributed by atoms with van der Waals surface area (Å²) in [5, 5.41) is 0.533. The van der Waals surface area contributed by atoms with Gasteiger partial charge in [-0.15, -0.1) is 11.8 Å². The molecule has 0 saturated heterocycles. The lowest BCUT2D eigenvalue weighted by Gasteiger charge is -2.06. The first-order chi connectivity index (χ1) is 9.78. The van der Waals surface area contributed by atoms with Gasteiger partial charge in [-0.1, -0.05) is 18.2 Å². The van der Waals surface area contributed by atoms with Crippen LogP contribution < -0.4 is 10.2 Å². The number of hydrogen-bond acceptors (Lipinski definition) is 4. The first kappa shape index (κ1) is 12.8. The summed E-state index contributed by atoms with van der Waals surface area (Å²) < 4.78 is 11.2. The molecule has 0 spiro atoms. The van der Waals surface area contributed by atoms with Crippen LogP contribution in [0.3, 0.4) is 0 Å². The third kappa shape index (κ3) is 2.42. The standard InChI is InChI=1S/C16H12O3S/c1-20-15-10-18-14-8-7-12(9-13(14)16(15)17)19-11-5-3-2-4-6-11/h2-10H,1H3. The molecular weight excluding hydrogens is 272 g/mol. The Morgan fingerprint density at radius 3 is 2.60 bits per heavy atom. The smallest absolute Gasteiger partial charge is 0.206 e. The van der Waals surface area contributed by atoms with Crippen molar-refractivity contribution < 1.29 is 9.15 Å². The van der Waals surface area contributed by atoms with Crippen LogP contribution in [0.2, 0.25) is 0 Å². The molecule has 0 atom stereocenters. The Morgan fingerprint density at radius 1 is 1.05 bits per heavy atom. The van der Waals surface area contributed by atoms with Crippen molar-refractivity contribution in [1.29, 1.82) is 0 Å². The van der Waals surface area contributed by atoms with Gasteiger partial charge in [0.25, 0.3) is 0 Å². The second kappa shape index (κ2) is 5.43. The van der Waals surface area contributed by atoms with Crippen LogP contribution in [0, 0.1) is 0 Å². The van der Waals surface area contributed by atoms with Gasteiger partial charge in [-0.25, -0.2) is 0 Å². The fraction of sp³-hybridized carbons (Fsp3) is 0.0625. The summed E-state index contributed by atoms with van der Waals surface area (Å²) in [6.07, 6.45) is 3.34. The van der Waals surface area contributed by atoms with Crippen LogP contribution in [-0.2, 0) is 0 Å². The Labute approximate surface area is 120 Å². The lowest BCUT2D eigenvalue weighted by Crippen LogP contribution is -2.03. The first-order valence-electron chi connectivity index (χ1n) is 6.10. The SMILES string of the molecule is CSc1coc2ccc(Oc3ccccc3)cc2c1=O. The van der Waals surface area contributed by atoms with Gasteiger partial charge < -0.3 is 9.15 Å². The molecule has 0 unspecified atom stereocenters. The topological polar surface area (TPSA) is 39.4 Å². The molecule has 0 fully saturated rings. The summed E-state index contributed by atoms with van der Waals surface area (Å²) in [4.78, 5) is 12.8. The average molecular weight is 284 g/mol. The minimum atomic E-state index is -0.0303. The Bertz CT molecular complexity index is 794. The van der Waals surface area contributed by atoms with Crippen molar-refractivity contribution in [3.05, 3.63) is 65.0 Å².